The Bertz CT molecular complexity index is 763. The molecule has 0 atom stereocenters. The minimum Gasteiger partial charge on any atom is -0.389 e. The summed E-state index contributed by atoms with van der Waals surface area (Å²) >= 11 is 7.13. The number of carbonyl (C=O) groups excluding carboxylic acids is 2. The van der Waals surface area contributed by atoms with Crippen molar-refractivity contribution in [3.63, 3.8) is 0 Å². The highest BCUT2D eigenvalue weighted by atomic mass is 35.5. The third kappa shape index (κ3) is 4.18. The number of carbonyl (C=O) groups is 2. The predicted molar refractivity (Wildman–Crippen MR) is 95.9 cm³/mol. The summed E-state index contributed by atoms with van der Waals surface area (Å²) in [5, 5.41) is 11.9. The minimum atomic E-state index is -0.165. The van der Waals surface area contributed by atoms with Gasteiger partial charge in [-0.15, -0.1) is 11.3 Å². The zero-order chi connectivity index (χ0) is 17.8. The van der Waals surface area contributed by atoms with Crippen LogP contribution in [0.2, 0.25) is 5.02 Å². The fourth-order valence-electron chi connectivity index (χ4n) is 2.74. The molecule has 1 saturated heterocycles. The van der Waals surface area contributed by atoms with E-state index in [0.29, 0.717) is 53.9 Å². The van der Waals surface area contributed by atoms with Gasteiger partial charge in [-0.3, -0.25) is 9.59 Å². The standard InChI is InChI=1S/C17H18ClN3O3S/c18-13-4-2-12(3-5-13)16(23)20-6-1-7-21(9-8-20)17(24)14-11-25-15(10-22)19-14/h2-5,11,22H,1,6-10H2. The fourth-order valence-corrected chi connectivity index (χ4v) is 3.50. The molecule has 1 aromatic heterocycles. The Labute approximate surface area is 154 Å². The lowest BCUT2D eigenvalue weighted by molar-refractivity contribution is 0.0716. The van der Waals surface area contributed by atoms with Crippen molar-refractivity contribution < 1.29 is 14.7 Å². The number of benzene rings is 1. The Balaban J connectivity index is 1.64. The van der Waals surface area contributed by atoms with Crippen molar-refractivity contribution >= 4 is 34.8 Å². The Morgan fingerprint density at radius 1 is 1.08 bits per heavy atom. The van der Waals surface area contributed by atoms with E-state index in [9.17, 15) is 9.59 Å². The summed E-state index contributed by atoms with van der Waals surface area (Å²) in [6.45, 7) is 1.95. The second-order valence-electron chi connectivity index (χ2n) is 5.73. The summed E-state index contributed by atoms with van der Waals surface area (Å²) in [5.74, 6) is -0.209. The van der Waals surface area contributed by atoms with Crippen LogP contribution in [0.25, 0.3) is 0 Å². The van der Waals surface area contributed by atoms with E-state index in [1.54, 1.807) is 39.4 Å². The van der Waals surface area contributed by atoms with Crippen LogP contribution in [-0.4, -0.2) is 57.9 Å². The van der Waals surface area contributed by atoms with E-state index in [1.807, 2.05) is 0 Å². The number of thiazole rings is 1. The maximum atomic E-state index is 12.6. The van der Waals surface area contributed by atoms with Crippen molar-refractivity contribution in [2.24, 2.45) is 0 Å². The van der Waals surface area contributed by atoms with Crippen LogP contribution in [0.3, 0.4) is 0 Å². The number of aromatic nitrogens is 1. The number of aliphatic hydroxyl groups excluding tert-OH is 1. The third-order valence-corrected chi connectivity index (χ3v) is 5.15. The molecule has 2 amide bonds. The maximum Gasteiger partial charge on any atom is 0.273 e. The first-order chi connectivity index (χ1) is 12.1. The minimum absolute atomic E-state index is 0.0535. The van der Waals surface area contributed by atoms with E-state index < -0.39 is 0 Å². The summed E-state index contributed by atoms with van der Waals surface area (Å²) in [5.41, 5.74) is 0.947. The predicted octanol–water partition coefficient (Wildman–Crippen LogP) is 2.28. The molecule has 25 heavy (non-hydrogen) atoms. The highest BCUT2D eigenvalue weighted by Gasteiger charge is 2.24. The first kappa shape index (κ1) is 17.8. The van der Waals surface area contributed by atoms with E-state index in [-0.39, 0.29) is 18.4 Å². The summed E-state index contributed by atoms with van der Waals surface area (Å²) < 4.78 is 0. The lowest BCUT2D eigenvalue weighted by Crippen LogP contribution is -2.37. The average molecular weight is 380 g/mol. The molecule has 0 bridgehead atoms. The van der Waals surface area contributed by atoms with E-state index in [4.69, 9.17) is 16.7 Å². The molecule has 132 valence electrons. The molecule has 0 spiro atoms. The Kier molecular flexibility index (Phi) is 5.67. The molecule has 2 aromatic rings. The molecule has 1 aromatic carbocycles. The summed E-state index contributed by atoms with van der Waals surface area (Å²) in [7, 11) is 0. The van der Waals surface area contributed by atoms with E-state index in [1.165, 1.54) is 11.3 Å². The van der Waals surface area contributed by atoms with Gasteiger partial charge in [-0.05, 0) is 30.7 Å². The van der Waals surface area contributed by atoms with Crippen LogP contribution < -0.4 is 0 Å². The molecule has 0 unspecified atom stereocenters. The number of nitrogens with zero attached hydrogens (tertiary/aromatic N) is 3. The van der Waals surface area contributed by atoms with Crippen LogP contribution in [-0.2, 0) is 6.61 Å². The molecule has 0 radical (unpaired) electrons. The molecule has 1 aliphatic heterocycles. The van der Waals surface area contributed by atoms with E-state index in [2.05, 4.69) is 4.98 Å². The lowest BCUT2D eigenvalue weighted by Gasteiger charge is -2.21. The number of hydrogen-bond donors (Lipinski definition) is 1. The molecular weight excluding hydrogens is 362 g/mol. The van der Waals surface area contributed by atoms with Gasteiger partial charge in [0.1, 0.15) is 10.7 Å². The average Bonchev–Trinajstić information content (AvgIpc) is 2.98. The molecule has 6 nitrogen and oxygen atoms in total. The van der Waals surface area contributed by atoms with Gasteiger partial charge in [-0.25, -0.2) is 4.98 Å². The monoisotopic (exact) mass is 379 g/mol. The van der Waals surface area contributed by atoms with Gasteiger partial charge < -0.3 is 14.9 Å². The number of aliphatic hydroxyl groups is 1. The van der Waals surface area contributed by atoms with Gasteiger partial charge in [-0.2, -0.15) is 0 Å². The maximum absolute atomic E-state index is 12.6. The smallest absolute Gasteiger partial charge is 0.273 e. The van der Waals surface area contributed by atoms with Gasteiger partial charge in [0.05, 0.1) is 6.61 Å². The van der Waals surface area contributed by atoms with Crippen LogP contribution >= 0.6 is 22.9 Å². The molecule has 3 rings (SSSR count). The molecule has 1 aliphatic rings. The Morgan fingerprint density at radius 2 is 1.72 bits per heavy atom. The van der Waals surface area contributed by atoms with E-state index in [0.717, 1.165) is 0 Å². The van der Waals surface area contributed by atoms with Crippen molar-refractivity contribution in [1.82, 2.24) is 14.8 Å². The largest absolute Gasteiger partial charge is 0.389 e. The van der Waals surface area contributed by atoms with Gasteiger partial charge in [0.25, 0.3) is 11.8 Å². The second-order valence-corrected chi connectivity index (χ2v) is 7.11. The van der Waals surface area contributed by atoms with Gasteiger partial charge in [-0.1, -0.05) is 11.6 Å². The van der Waals surface area contributed by atoms with Crippen LogP contribution in [0.4, 0.5) is 0 Å². The van der Waals surface area contributed by atoms with Gasteiger partial charge in [0, 0.05) is 42.1 Å². The zero-order valence-electron chi connectivity index (χ0n) is 13.5. The molecule has 2 heterocycles. The summed E-state index contributed by atoms with van der Waals surface area (Å²) in [4.78, 5) is 32.7. The first-order valence-electron chi connectivity index (χ1n) is 7.98. The molecule has 0 saturated carbocycles. The number of hydrogen-bond acceptors (Lipinski definition) is 5. The second kappa shape index (κ2) is 7.95. The Hall–Kier alpha value is -1.96. The summed E-state index contributed by atoms with van der Waals surface area (Å²) in [6.07, 6.45) is 0.710. The van der Waals surface area contributed by atoms with E-state index >= 15 is 0 Å². The van der Waals surface area contributed by atoms with Crippen molar-refractivity contribution in [2.45, 2.75) is 13.0 Å². The third-order valence-electron chi connectivity index (χ3n) is 4.07. The molecule has 8 heteroatoms. The molecular formula is C17H18ClN3O3S. The first-order valence-corrected chi connectivity index (χ1v) is 9.23. The number of amides is 2. The topological polar surface area (TPSA) is 73.7 Å². The van der Waals surface area contributed by atoms with Gasteiger partial charge >= 0.3 is 0 Å². The van der Waals surface area contributed by atoms with Crippen molar-refractivity contribution in [3.05, 3.63) is 50.9 Å². The zero-order valence-corrected chi connectivity index (χ0v) is 15.1. The Morgan fingerprint density at radius 3 is 2.32 bits per heavy atom. The highest BCUT2D eigenvalue weighted by Crippen LogP contribution is 2.16. The summed E-state index contributed by atoms with van der Waals surface area (Å²) in [6, 6.07) is 6.82. The SMILES string of the molecule is O=C(c1ccc(Cl)cc1)N1CCCN(C(=O)c2csc(CO)n2)CC1. The lowest BCUT2D eigenvalue weighted by atomic mass is 10.2. The van der Waals surface area contributed by atoms with Crippen molar-refractivity contribution in [1.29, 1.82) is 0 Å². The van der Waals surface area contributed by atoms with Crippen LogP contribution in [0, 0.1) is 0 Å². The van der Waals surface area contributed by atoms with Gasteiger partial charge in [0.15, 0.2) is 0 Å². The number of rotatable bonds is 3. The molecule has 1 fully saturated rings. The quantitative estimate of drug-likeness (QED) is 0.887. The van der Waals surface area contributed by atoms with Gasteiger partial charge in [0.2, 0.25) is 0 Å². The fraction of sp³-hybridized carbons (Fsp3) is 0.353. The van der Waals surface area contributed by atoms with Crippen molar-refractivity contribution in [2.75, 3.05) is 26.2 Å². The molecule has 1 N–H and O–H groups in total. The number of halogens is 1. The molecule has 0 aliphatic carbocycles. The van der Waals surface area contributed by atoms with Crippen LogP contribution in [0.15, 0.2) is 29.6 Å². The van der Waals surface area contributed by atoms with Crippen LogP contribution in [0.5, 0.6) is 0 Å². The normalized spacial score (nSPS) is 15.1. The van der Waals surface area contributed by atoms with Crippen molar-refractivity contribution in [3.8, 4) is 0 Å². The van der Waals surface area contributed by atoms with Crippen LogP contribution in [0.1, 0.15) is 32.3 Å². The highest BCUT2D eigenvalue weighted by molar-refractivity contribution is 7.09.